The first kappa shape index (κ1) is 14.2. The molecule has 104 valence electrons. The normalized spacial score (nSPS) is 19.3. The molecule has 1 aliphatic carbocycles. The third-order valence-electron chi connectivity index (χ3n) is 4.03. The van der Waals surface area contributed by atoms with Crippen LogP contribution in [0.2, 0.25) is 0 Å². The van der Waals surface area contributed by atoms with Crippen molar-refractivity contribution in [1.82, 2.24) is 0 Å². The van der Waals surface area contributed by atoms with Crippen LogP contribution in [0.4, 0.5) is 8.78 Å². The smallest absolute Gasteiger partial charge is 0.159 e. The second-order valence-corrected chi connectivity index (χ2v) is 5.54. The Hall–Kier alpha value is -1.18. The second-order valence-electron chi connectivity index (χ2n) is 5.54. The van der Waals surface area contributed by atoms with Crippen LogP contribution in [0.1, 0.15) is 51.0 Å². The molecule has 0 nitrogen and oxygen atoms in total. The van der Waals surface area contributed by atoms with Crippen molar-refractivity contribution in [2.75, 3.05) is 0 Å². The van der Waals surface area contributed by atoms with E-state index in [1.807, 2.05) is 0 Å². The van der Waals surface area contributed by atoms with E-state index in [0.717, 1.165) is 24.3 Å². The lowest BCUT2D eigenvalue weighted by molar-refractivity contribution is 0.428. The van der Waals surface area contributed by atoms with E-state index >= 15 is 0 Å². The zero-order valence-corrected chi connectivity index (χ0v) is 11.6. The van der Waals surface area contributed by atoms with Gasteiger partial charge >= 0.3 is 0 Å². The molecule has 0 fully saturated rings. The SMILES string of the molecule is CCCC1CC=C(CCc2ccc(F)c(F)c2)CC1. The maximum atomic E-state index is 13.1. The van der Waals surface area contributed by atoms with E-state index in [1.54, 1.807) is 6.07 Å². The molecular formula is C17H22F2. The van der Waals surface area contributed by atoms with E-state index in [2.05, 4.69) is 13.0 Å². The Morgan fingerprint density at radius 3 is 2.63 bits per heavy atom. The summed E-state index contributed by atoms with van der Waals surface area (Å²) in [5.74, 6) is -0.641. The molecule has 0 amide bonds. The average molecular weight is 264 g/mol. The van der Waals surface area contributed by atoms with Crippen molar-refractivity contribution in [1.29, 1.82) is 0 Å². The summed E-state index contributed by atoms with van der Waals surface area (Å²) >= 11 is 0. The molecule has 0 heterocycles. The van der Waals surface area contributed by atoms with E-state index in [1.165, 1.54) is 49.8 Å². The van der Waals surface area contributed by atoms with Gasteiger partial charge in [0.1, 0.15) is 0 Å². The first-order valence-corrected chi connectivity index (χ1v) is 7.31. The minimum absolute atomic E-state index is 0.738. The van der Waals surface area contributed by atoms with E-state index < -0.39 is 11.6 Å². The zero-order valence-electron chi connectivity index (χ0n) is 11.6. The molecule has 0 radical (unpaired) electrons. The van der Waals surface area contributed by atoms with Crippen molar-refractivity contribution in [3.05, 3.63) is 47.0 Å². The first-order valence-electron chi connectivity index (χ1n) is 7.31. The fourth-order valence-electron chi connectivity index (χ4n) is 2.84. The quantitative estimate of drug-likeness (QED) is 0.622. The number of hydrogen-bond acceptors (Lipinski definition) is 0. The highest BCUT2D eigenvalue weighted by Gasteiger charge is 2.13. The Bertz CT molecular complexity index is 449. The molecule has 1 atom stereocenters. The van der Waals surface area contributed by atoms with Crippen LogP contribution in [0.25, 0.3) is 0 Å². The Morgan fingerprint density at radius 2 is 2.00 bits per heavy atom. The number of allylic oxidation sites excluding steroid dienone is 2. The van der Waals surface area contributed by atoms with Gasteiger partial charge in [0.2, 0.25) is 0 Å². The molecule has 0 saturated heterocycles. The molecule has 2 rings (SSSR count). The van der Waals surface area contributed by atoms with Crippen LogP contribution in [-0.2, 0) is 6.42 Å². The van der Waals surface area contributed by atoms with Crippen molar-refractivity contribution in [3.63, 3.8) is 0 Å². The maximum absolute atomic E-state index is 13.1. The predicted molar refractivity (Wildman–Crippen MR) is 75.0 cm³/mol. The van der Waals surface area contributed by atoms with Crippen LogP contribution in [0.15, 0.2) is 29.8 Å². The number of rotatable bonds is 5. The van der Waals surface area contributed by atoms with Crippen molar-refractivity contribution >= 4 is 0 Å². The standard InChI is InChI=1S/C17H22F2/c1-2-3-13-4-6-14(7-5-13)8-9-15-10-11-16(18)17(19)12-15/h6,10-13H,2-5,7-9H2,1H3. The van der Waals surface area contributed by atoms with Gasteiger partial charge in [0.25, 0.3) is 0 Å². The number of benzene rings is 1. The van der Waals surface area contributed by atoms with Crippen LogP contribution < -0.4 is 0 Å². The van der Waals surface area contributed by atoms with Gasteiger partial charge in [-0.15, -0.1) is 0 Å². The first-order chi connectivity index (χ1) is 9.19. The Morgan fingerprint density at radius 1 is 1.16 bits per heavy atom. The summed E-state index contributed by atoms with van der Waals surface area (Å²) in [7, 11) is 0. The van der Waals surface area contributed by atoms with Gasteiger partial charge in [0.15, 0.2) is 11.6 Å². The highest BCUT2D eigenvalue weighted by Crippen LogP contribution is 2.29. The summed E-state index contributed by atoms with van der Waals surface area (Å²) in [5.41, 5.74) is 2.37. The summed E-state index contributed by atoms with van der Waals surface area (Å²) in [5, 5.41) is 0. The van der Waals surface area contributed by atoms with E-state index in [-0.39, 0.29) is 0 Å². The summed E-state index contributed by atoms with van der Waals surface area (Å²) in [6.45, 7) is 2.24. The van der Waals surface area contributed by atoms with Gasteiger partial charge in [-0.05, 0) is 55.7 Å². The molecule has 0 bridgehead atoms. The molecule has 0 aliphatic heterocycles. The zero-order chi connectivity index (χ0) is 13.7. The molecule has 2 heteroatoms. The molecule has 1 aromatic rings. The number of aryl methyl sites for hydroxylation is 1. The molecule has 1 unspecified atom stereocenters. The highest BCUT2D eigenvalue weighted by atomic mass is 19.2. The molecule has 0 N–H and O–H groups in total. The lowest BCUT2D eigenvalue weighted by Crippen LogP contribution is -2.06. The third-order valence-corrected chi connectivity index (χ3v) is 4.03. The van der Waals surface area contributed by atoms with Gasteiger partial charge in [0, 0.05) is 0 Å². The molecule has 1 aliphatic rings. The Balaban J connectivity index is 1.84. The largest absolute Gasteiger partial charge is 0.204 e. The van der Waals surface area contributed by atoms with Crippen LogP contribution in [0.3, 0.4) is 0 Å². The van der Waals surface area contributed by atoms with Gasteiger partial charge in [-0.2, -0.15) is 0 Å². The van der Waals surface area contributed by atoms with Crippen LogP contribution >= 0.6 is 0 Å². The van der Waals surface area contributed by atoms with Gasteiger partial charge in [-0.1, -0.05) is 37.5 Å². The van der Waals surface area contributed by atoms with E-state index in [0.29, 0.717) is 0 Å². The number of hydrogen-bond donors (Lipinski definition) is 0. The second kappa shape index (κ2) is 6.83. The summed E-state index contributed by atoms with van der Waals surface area (Å²) in [6, 6.07) is 4.22. The van der Waals surface area contributed by atoms with Crippen LogP contribution in [0.5, 0.6) is 0 Å². The molecule has 1 aromatic carbocycles. The minimum Gasteiger partial charge on any atom is -0.204 e. The monoisotopic (exact) mass is 264 g/mol. The topological polar surface area (TPSA) is 0 Å². The van der Waals surface area contributed by atoms with Gasteiger partial charge in [-0.3, -0.25) is 0 Å². The fourth-order valence-corrected chi connectivity index (χ4v) is 2.84. The number of halogens is 2. The summed E-state index contributed by atoms with van der Waals surface area (Å²) < 4.78 is 25.9. The highest BCUT2D eigenvalue weighted by molar-refractivity contribution is 5.19. The van der Waals surface area contributed by atoms with Gasteiger partial charge in [0.05, 0.1) is 0 Å². The Kier molecular flexibility index (Phi) is 5.12. The van der Waals surface area contributed by atoms with Crippen molar-refractivity contribution in [2.24, 2.45) is 5.92 Å². The van der Waals surface area contributed by atoms with Crippen molar-refractivity contribution in [3.8, 4) is 0 Å². The van der Waals surface area contributed by atoms with Crippen molar-refractivity contribution < 1.29 is 8.78 Å². The maximum Gasteiger partial charge on any atom is 0.159 e. The van der Waals surface area contributed by atoms with Gasteiger partial charge in [-0.25, -0.2) is 8.78 Å². The summed E-state index contributed by atoms with van der Waals surface area (Å²) in [6.07, 6.45) is 10.4. The third kappa shape index (κ3) is 4.15. The van der Waals surface area contributed by atoms with Gasteiger partial charge < -0.3 is 0 Å². The van der Waals surface area contributed by atoms with E-state index in [9.17, 15) is 8.78 Å². The molecule has 0 aromatic heterocycles. The Labute approximate surface area is 114 Å². The van der Waals surface area contributed by atoms with E-state index in [4.69, 9.17) is 0 Å². The minimum atomic E-state index is -0.761. The lowest BCUT2D eigenvalue weighted by Gasteiger charge is -2.21. The molecule has 19 heavy (non-hydrogen) atoms. The van der Waals surface area contributed by atoms with Crippen LogP contribution in [0, 0.1) is 17.6 Å². The van der Waals surface area contributed by atoms with Crippen LogP contribution in [-0.4, -0.2) is 0 Å². The fraction of sp³-hybridized carbons (Fsp3) is 0.529. The molecule has 0 saturated carbocycles. The van der Waals surface area contributed by atoms with Crippen molar-refractivity contribution in [2.45, 2.75) is 51.9 Å². The predicted octanol–water partition coefficient (Wildman–Crippen LogP) is 5.42. The average Bonchev–Trinajstić information content (AvgIpc) is 2.42. The summed E-state index contributed by atoms with van der Waals surface area (Å²) in [4.78, 5) is 0. The molecule has 0 spiro atoms. The molecular weight excluding hydrogens is 242 g/mol. The lowest BCUT2D eigenvalue weighted by atomic mass is 9.85.